The first-order valence-corrected chi connectivity index (χ1v) is 6.75. The Morgan fingerprint density at radius 3 is 2.80 bits per heavy atom. The summed E-state index contributed by atoms with van der Waals surface area (Å²) in [5, 5.41) is 3.08. The third kappa shape index (κ3) is 5.48. The van der Waals surface area contributed by atoms with Crippen LogP contribution < -0.4 is 15.8 Å². The van der Waals surface area contributed by atoms with E-state index in [1.807, 2.05) is 19.1 Å². The Labute approximate surface area is 121 Å². The molecule has 0 spiro atoms. The summed E-state index contributed by atoms with van der Waals surface area (Å²) in [6.07, 6.45) is 0.798. The molecule has 0 fully saturated rings. The quantitative estimate of drug-likeness (QED) is 0.586. The van der Waals surface area contributed by atoms with Gasteiger partial charge in [0.2, 0.25) is 0 Å². The first-order valence-electron chi connectivity index (χ1n) is 6.75. The molecule has 1 unspecified atom stereocenters. The normalized spacial score (nSPS) is 13.1. The summed E-state index contributed by atoms with van der Waals surface area (Å²) in [6, 6.07) is 6.29. The lowest BCUT2D eigenvalue weighted by atomic mass is 10.1. The molecular weight excluding hydrogens is 254 g/mol. The summed E-state index contributed by atoms with van der Waals surface area (Å²) in [6.45, 7) is 5.28. The smallest absolute Gasteiger partial charge is 0.188 e. The molecule has 0 aliphatic rings. The third-order valence-electron chi connectivity index (χ3n) is 2.91. The molecule has 0 amide bonds. The molecule has 20 heavy (non-hydrogen) atoms. The summed E-state index contributed by atoms with van der Waals surface area (Å²) in [7, 11) is 3.34. The summed E-state index contributed by atoms with van der Waals surface area (Å²) in [5.41, 5.74) is 8.18. The fourth-order valence-corrected chi connectivity index (χ4v) is 1.99. The average molecular weight is 279 g/mol. The van der Waals surface area contributed by atoms with Crippen LogP contribution in [0.25, 0.3) is 0 Å². The zero-order valence-corrected chi connectivity index (χ0v) is 12.8. The highest BCUT2D eigenvalue weighted by Gasteiger charge is 2.04. The molecule has 1 atom stereocenters. The van der Waals surface area contributed by atoms with Crippen molar-refractivity contribution in [1.82, 2.24) is 5.32 Å². The molecule has 0 saturated carbocycles. The number of hydrogen-bond acceptors (Lipinski definition) is 3. The van der Waals surface area contributed by atoms with Crippen LogP contribution in [0.5, 0.6) is 5.75 Å². The van der Waals surface area contributed by atoms with Gasteiger partial charge in [-0.1, -0.05) is 17.7 Å². The van der Waals surface area contributed by atoms with Crippen molar-refractivity contribution in [3.63, 3.8) is 0 Å². The van der Waals surface area contributed by atoms with Gasteiger partial charge in [0.1, 0.15) is 5.75 Å². The Bertz CT molecular complexity index is 447. The van der Waals surface area contributed by atoms with Crippen LogP contribution in [0.3, 0.4) is 0 Å². The van der Waals surface area contributed by atoms with Crippen LogP contribution in [0.1, 0.15) is 18.1 Å². The Morgan fingerprint density at radius 1 is 1.40 bits per heavy atom. The van der Waals surface area contributed by atoms with Crippen LogP contribution in [-0.2, 0) is 11.2 Å². The van der Waals surface area contributed by atoms with Gasteiger partial charge in [-0.15, -0.1) is 0 Å². The minimum Gasteiger partial charge on any atom is -0.496 e. The molecule has 5 nitrogen and oxygen atoms in total. The lowest BCUT2D eigenvalue weighted by molar-refractivity contribution is 0.179. The summed E-state index contributed by atoms with van der Waals surface area (Å²) in [4.78, 5) is 4.32. The lowest BCUT2D eigenvalue weighted by Crippen LogP contribution is -2.40. The van der Waals surface area contributed by atoms with Crippen molar-refractivity contribution in [3.8, 4) is 5.75 Å². The second-order valence-corrected chi connectivity index (χ2v) is 4.83. The number of nitrogens with two attached hydrogens (primary N) is 1. The first-order chi connectivity index (χ1) is 9.56. The van der Waals surface area contributed by atoms with Crippen LogP contribution >= 0.6 is 0 Å². The number of nitrogens with one attached hydrogen (secondary N) is 1. The number of guanidine groups is 1. The zero-order valence-electron chi connectivity index (χ0n) is 12.8. The fourth-order valence-electron chi connectivity index (χ4n) is 1.99. The maximum Gasteiger partial charge on any atom is 0.188 e. The van der Waals surface area contributed by atoms with Crippen LogP contribution in [0.4, 0.5) is 0 Å². The zero-order chi connectivity index (χ0) is 15.0. The van der Waals surface area contributed by atoms with Crippen molar-refractivity contribution in [2.24, 2.45) is 10.7 Å². The molecule has 0 aliphatic heterocycles. The highest BCUT2D eigenvalue weighted by Crippen LogP contribution is 2.19. The van der Waals surface area contributed by atoms with E-state index in [1.54, 1.807) is 14.2 Å². The molecule has 0 saturated heterocycles. The summed E-state index contributed by atoms with van der Waals surface area (Å²) >= 11 is 0. The number of methoxy groups -OCH3 is 2. The molecule has 1 aromatic carbocycles. The van der Waals surface area contributed by atoms with E-state index in [0.717, 1.165) is 17.7 Å². The van der Waals surface area contributed by atoms with Gasteiger partial charge in [-0.3, -0.25) is 4.99 Å². The van der Waals surface area contributed by atoms with Crippen LogP contribution in [-0.4, -0.2) is 39.4 Å². The maximum absolute atomic E-state index is 5.82. The second kappa shape index (κ2) is 8.43. The standard InChI is InChI=1S/C15H25N3O2/c1-11-5-6-14(20-4)13(9-11)7-8-17-15(16)18-12(2)10-19-3/h5-6,9,12H,7-8,10H2,1-4H3,(H3,16,17,18). The first kappa shape index (κ1) is 16.3. The predicted molar refractivity (Wildman–Crippen MR) is 82.4 cm³/mol. The number of rotatable bonds is 7. The topological polar surface area (TPSA) is 68.9 Å². The number of aliphatic imine (C=N–C) groups is 1. The predicted octanol–water partition coefficient (Wildman–Crippen LogP) is 1.49. The number of benzene rings is 1. The highest BCUT2D eigenvalue weighted by molar-refractivity contribution is 5.78. The largest absolute Gasteiger partial charge is 0.496 e. The van der Waals surface area contributed by atoms with E-state index in [9.17, 15) is 0 Å². The molecular formula is C15H25N3O2. The Balaban J connectivity index is 2.52. The molecule has 1 rings (SSSR count). The van der Waals surface area contributed by atoms with Gasteiger partial charge in [0.05, 0.1) is 13.7 Å². The van der Waals surface area contributed by atoms with Crippen LogP contribution in [0.15, 0.2) is 23.2 Å². The van der Waals surface area contributed by atoms with Crippen LogP contribution in [0.2, 0.25) is 0 Å². The highest BCUT2D eigenvalue weighted by atomic mass is 16.5. The van der Waals surface area contributed by atoms with E-state index in [1.165, 1.54) is 5.56 Å². The van der Waals surface area contributed by atoms with E-state index in [4.69, 9.17) is 15.2 Å². The number of nitrogens with zero attached hydrogens (tertiary/aromatic N) is 1. The molecule has 1 aromatic rings. The molecule has 0 radical (unpaired) electrons. The molecule has 0 heterocycles. The fraction of sp³-hybridized carbons (Fsp3) is 0.533. The molecule has 0 aromatic heterocycles. The molecule has 5 heteroatoms. The van der Waals surface area contributed by atoms with Crippen molar-refractivity contribution >= 4 is 5.96 Å². The summed E-state index contributed by atoms with van der Waals surface area (Å²) in [5.74, 6) is 1.34. The number of ether oxygens (including phenoxy) is 2. The molecule has 112 valence electrons. The number of aryl methyl sites for hydroxylation is 1. The summed E-state index contributed by atoms with van der Waals surface area (Å²) < 4.78 is 10.4. The van der Waals surface area contributed by atoms with Gasteiger partial charge in [0.15, 0.2) is 5.96 Å². The Morgan fingerprint density at radius 2 is 2.15 bits per heavy atom. The maximum atomic E-state index is 5.82. The van der Waals surface area contributed by atoms with E-state index in [2.05, 4.69) is 23.3 Å². The van der Waals surface area contributed by atoms with Crippen molar-refractivity contribution in [2.45, 2.75) is 26.3 Å². The Kier molecular flexibility index (Phi) is 6.87. The molecule has 3 N–H and O–H groups in total. The van der Waals surface area contributed by atoms with Gasteiger partial charge in [0.25, 0.3) is 0 Å². The van der Waals surface area contributed by atoms with Gasteiger partial charge in [-0.25, -0.2) is 0 Å². The van der Waals surface area contributed by atoms with Gasteiger partial charge in [-0.05, 0) is 31.9 Å². The minimum atomic E-state index is 0.150. The second-order valence-electron chi connectivity index (χ2n) is 4.83. The van der Waals surface area contributed by atoms with E-state index in [-0.39, 0.29) is 6.04 Å². The van der Waals surface area contributed by atoms with E-state index in [0.29, 0.717) is 19.1 Å². The minimum absolute atomic E-state index is 0.150. The van der Waals surface area contributed by atoms with Crippen molar-refractivity contribution in [2.75, 3.05) is 27.4 Å². The van der Waals surface area contributed by atoms with Crippen molar-refractivity contribution < 1.29 is 9.47 Å². The third-order valence-corrected chi connectivity index (χ3v) is 2.91. The van der Waals surface area contributed by atoms with Gasteiger partial charge in [0, 0.05) is 19.7 Å². The lowest BCUT2D eigenvalue weighted by Gasteiger charge is -2.13. The average Bonchev–Trinajstić information content (AvgIpc) is 2.39. The van der Waals surface area contributed by atoms with E-state index >= 15 is 0 Å². The van der Waals surface area contributed by atoms with Crippen LogP contribution in [0, 0.1) is 6.92 Å². The molecule has 0 bridgehead atoms. The van der Waals surface area contributed by atoms with Crippen molar-refractivity contribution in [3.05, 3.63) is 29.3 Å². The SMILES string of the molecule is COCC(C)NC(N)=NCCc1cc(C)ccc1OC. The van der Waals surface area contributed by atoms with Gasteiger partial charge in [-0.2, -0.15) is 0 Å². The number of hydrogen-bond donors (Lipinski definition) is 2. The Hall–Kier alpha value is -1.75. The van der Waals surface area contributed by atoms with E-state index < -0.39 is 0 Å². The van der Waals surface area contributed by atoms with Crippen molar-refractivity contribution in [1.29, 1.82) is 0 Å². The van der Waals surface area contributed by atoms with Gasteiger partial charge < -0.3 is 20.5 Å². The molecule has 0 aliphatic carbocycles. The monoisotopic (exact) mass is 279 g/mol. The van der Waals surface area contributed by atoms with Gasteiger partial charge >= 0.3 is 0 Å².